The van der Waals surface area contributed by atoms with Crippen LogP contribution in [0.15, 0.2) is 4.79 Å². The van der Waals surface area contributed by atoms with Crippen LogP contribution in [-0.4, -0.2) is 35.5 Å². The average Bonchev–Trinajstić information content (AvgIpc) is 2.45. The number of pyridine rings is 1. The predicted octanol–water partition coefficient (Wildman–Crippen LogP) is 2.57. The van der Waals surface area contributed by atoms with E-state index in [1.54, 1.807) is 6.92 Å². The summed E-state index contributed by atoms with van der Waals surface area (Å²) in [6.45, 7) is 5.48. The third-order valence-corrected chi connectivity index (χ3v) is 4.15. The number of nitrogens with one attached hydrogen (secondary N) is 1. The van der Waals surface area contributed by atoms with Crippen molar-refractivity contribution in [2.45, 2.75) is 32.6 Å². The number of Topliss-reactive ketones (excluding diaryl/α,β-unsaturated/α-hetero) is 1. The Morgan fingerprint density at radius 3 is 2.32 bits per heavy atom. The zero-order valence-electron chi connectivity index (χ0n) is 13.4. The number of methoxy groups -OCH3 is 2. The Bertz CT molecular complexity index is 596. The van der Waals surface area contributed by atoms with Gasteiger partial charge in [-0.05, 0) is 19.3 Å². The monoisotopic (exact) mass is 331 g/mol. The van der Waals surface area contributed by atoms with Crippen molar-refractivity contribution in [3.05, 3.63) is 15.9 Å². The maximum Gasteiger partial charge on any atom is 0.265 e. The molecule has 1 aromatic heterocycles. The van der Waals surface area contributed by atoms with Gasteiger partial charge in [0.25, 0.3) is 5.56 Å². The van der Waals surface area contributed by atoms with Gasteiger partial charge in [0, 0.05) is 11.3 Å². The number of aromatic amines is 1. The summed E-state index contributed by atoms with van der Waals surface area (Å²) < 4.78 is 9.91. The van der Waals surface area contributed by atoms with Gasteiger partial charge in [0.05, 0.1) is 14.2 Å². The SMILES string of the molecule is COc1[nH]c(=O)c(C(=O)[C@H](C)C[C@H](C)[C@@H](C)Cl)c(O)c1OC. The highest BCUT2D eigenvalue weighted by atomic mass is 35.5. The van der Waals surface area contributed by atoms with Gasteiger partial charge in [-0.25, -0.2) is 0 Å². The Labute approximate surface area is 134 Å². The van der Waals surface area contributed by atoms with Crippen LogP contribution in [0.2, 0.25) is 0 Å². The maximum absolute atomic E-state index is 12.5. The maximum atomic E-state index is 12.5. The number of ether oxygens (including phenoxy) is 2. The summed E-state index contributed by atoms with van der Waals surface area (Å²) in [6.07, 6.45) is 0.511. The molecule has 0 bridgehead atoms. The molecule has 0 radical (unpaired) electrons. The predicted molar refractivity (Wildman–Crippen MR) is 84.4 cm³/mol. The molecule has 6 nitrogen and oxygen atoms in total. The van der Waals surface area contributed by atoms with E-state index in [1.165, 1.54) is 14.2 Å². The molecule has 1 heterocycles. The molecule has 1 aromatic rings. The number of H-pyrrole nitrogens is 1. The van der Waals surface area contributed by atoms with Gasteiger partial charge in [0.15, 0.2) is 11.5 Å². The molecule has 0 fully saturated rings. The summed E-state index contributed by atoms with van der Waals surface area (Å²) in [7, 11) is 2.63. The zero-order valence-corrected chi connectivity index (χ0v) is 14.2. The number of hydrogen-bond acceptors (Lipinski definition) is 5. The molecule has 0 aromatic carbocycles. The third-order valence-electron chi connectivity index (χ3n) is 3.72. The first-order chi connectivity index (χ1) is 10.2. The normalized spacial score (nSPS) is 15.0. The van der Waals surface area contributed by atoms with Crippen LogP contribution < -0.4 is 15.0 Å². The van der Waals surface area contributed by atoms with Crippen molar-refractivity contribution in [1.82, 2.24) is 4.98 Å². The molecule has 0 unspecified atom stereocenters. The Kier molecular flexibility index (Phi) is 6.29. The van der Waals surface area contributed by atoms with E-state index in [2.05, 4.69) is 4.98 Å². The first-order valence-corrected chi connectivity index (χ1v) is 7.43. The fourth-order valence-corrected chi connectivity index (χ4v) is 2.31. The molecule has 0 spiro atoms. The molecule has 124 valence electrons. The van der Waals surface area contributed by atoms with Gasteiger partial charge in [-0.2, -0.15) is 0 Å². The van der Waals surface area contributed by atoms with E-state index in [9.17, 15) is 14.7 Å². The van der Waals surface area contributed by atoms with Gasteiger partial charge in [-0.3, -0.25) is 14.6 Å². The van der Waals surface area contributed by atoms with Crippen molar-refractivity contribution in [3.8, 4) is 17.4 Å². The molecular formula is C15H22ClNO5. The minimum absolute atomic E-state index is 0.0306. The number of carbonyl (C=O) groups is 1. The number of aromatic hydroxyl groups is 1. The summed E-state index contributed by atoms with van der Waals surface area (Å²) in [6, 6.07) is 0. The van der Waals surface area contributed by atoms with Gasteiger partial charge in [-0.15, -0.1) is 11.6 Å². The Morgan fingerprint density at radius 1 is 1.27 bits per heavy atom. The second kappa shape index (κ2) is 7.54. The lowest BCUT2D eigenvalue weighted by Crippen LogP contribution is -2.25. The van der Waals surface area contributed by atoms with Gasteiger partial charge in [0.2, 0.25) is 11.6 Å². The highest BCUT2D eigenvalue weighted by molar-refractivity contribution is 6.20. The van der Waals surface area contributed by atoms with Crippen LogP contribution >= 0.6 is 11.6 Å². The summed E-state index contributed by atoms with van der Waals surface area (Å²) in [5.41, 5.74) is -1.03. The van der Waals surface area contributed by atoms with Crippen molar-refractivity contribution >= 4 is 17.4 Å². The van der Waals surface area contributed by atoms with E-state index < -0.39 is 23.0 Å². The number of hydrogen-bond donors (Lipinski definition) is 2. The minimum atomic E-state index is -0.710. The van der Waals surface area contributed by atoms with Crippen LogP contribution in [0.4, 0.5) is 0 Å². The summed E-state index contributed by atoms with van der Waals surface area (Å²) >= 11 is 6.01. The topological polar surface area (TPSA) is 88.6 Å². The van der Waals surface area contributed by atoms with Gasteiger partial charge in [0.1, 0.15) is 5.56 Å². The Hall–Kier alpha value is -1.69. The van der Waals surface area contributed by atoms with E-state index in [1.807, 2.05) is 13.8 Å². The number of carbonyl (C=O) groups excluding carboxylic acids is 1. The van der Waals surface area contributed by atoms with E-state index in [4.69, 9.17) is 21.1 Å². The van der Waals surface area contributed by atoms with E-state index in [0.29, 0.717) is 6.42 Å². The highest BCUT2D eigenvalue weighted by Crippen LogP contribution is 2.36. The van der Waals surface area contributed by atoms with Crippen LogP contribution in [0, 0.1) is 11.8 Å². The van der Waals surface area contributed by atoms with Crippen molar-refractivity contribution in [3.63, 3.8) is 0 Å². The lowest BCUT2D eigenvalue weighted by atomic mass is 9.89. The first kappa shape index (κ1) is 18.4. The molecule has 3 atom stereocenters. The Morgan fingerprint density at radius 2 is 1.86 bits per heavy atom. The first-order valence-electron chi connectivity index (χ1n) is 7.00. The molecule has 0 amide bonds. The van der Waals surface area contributed by atoms with Crippen LogP contribution in [0.25, 0.3) is 0 Å². The van der Waals surface area contributed by atoms with Crippen molar-refractivity contribution in [2.24, 2.45) is 11.8 Å². The lowest BCUT2D eigenvalue weighted by Gasteiger charge is -2.19. The van der Waals surface area contributed by atoms with Crippen LogP contribution in [0.3, 0.4) is 0 Å². The summed E-state index contributed by atoms with van der Waals surface area (Å²) in [5, 5.41) is 10.1. The minimum Gasteiger partial charge on any atom is -0.503 e. The second-order valence-corrected chi connectivity index (χ2v) is 6.09. The van der Waals surface area contributed by atoms with Crippen molar-refractivity contribution in [2.75, 3.05) is 14.2 Å². The molecule has 2 N–H and O–H groups in total. The van der Waals surface area contributed by atoms with Gasteiger partial charge in [-0.1, -0.05) is 13.8 Å². The molecule has 0 saturated carbocycles. The van der Waals surface area contributed by atoms with E-state index in [-0.39, 0.29) is 28.5 Å². The standard InChI is InChI=1S/C15H22ClNO5/c1-7(9(3)16)6-8(2)11(18)10-12(19)13(21-4)15(22-5)17-14(10)20/h7-9H,6H2,1-5H3,(H2,17,19,20)/t7-,8+,9+/m0/s1. The highest BCUT2D eigenvalue weighted by Gasteiger charge is 2.28. The third kappa shape index (κ3) is 3.74. The van der Waals surface area contributed by atoms with Crippen molar-refractivity contribution < 1.29 is 19.4 Å². The fourth-order valence-electron chi connectivity index (χ4n) is 2.21. The Balaban J connectivity index is 3.21. The van der Waals surface area contributed by atoms with Crippen LogP contribution in [0.5, 0.6) is 17.4 Å². The summed E-state index contributed by atoms with van der Waals surface area (Å²) in [4.78, 5) is 26.9. The molecule has 1 rings (SSSR count). The number of rotatable bonds is 7. The molecule has 0 aliphatic carbocycles. The van der Waals surface area contributed by atoms with Crippen molar-refractivity contribution in [1.29, 1.82) is 0 Å². The molecule has 0 saturated heterocycles. The summed E-state index contributed by atoms with van der Waals surface area (Å²) in [5.74, 6) is -1.42. The lowest BCUT2D eigenvalue weighted by molar-refractivity contribution is 0.0908. The average molecular weight is 332 g/mol. The fraction of sp³-hybridized carbons (Fsp3) is 0.600. The largest absolute Gasteiger partial charge is 0.503 e. The molecular weight excluding hydrogens is 310 g/mol. The number of halogens is 1. The molecule has 0 aliphatic rings. The molecule has 22 heavy (non-hydrogen) atoms. The molecule has 7 heteroatoms. The molecule has 0 aliphatic heterocycles. The van der Waals surface area contributed by atoms with E-state index >= 15 is 0 Å². The number of aromatic nitrogens is 1. The second-order valence-electron chi connectivity index (χ2n) is 5.40. The number of alkyl halides is 1. The van der Waals surface area contributed by atoms with Gasteiger partial charge >= 0.3 is 0 Å². The quantitative estimate of drug-likeness (QED) is 0.592. The van der Waals surface area contributed by atoms with E-state index in [0.717, 1.165) is 0 Å². The van der Waals surface area contributed by atoms with Gasteiger partial charge < -0.3 is 14.6 Å². The number of ketones is 1. The van der Waals surface area contributed by atoms with Crippen LogP contribution in [-0.2, 0) is 0 Å². The zero-order chi connectivity index (χ0) is 17.0. The smallest absolute Gasteiger partial charge is 0.265 e. The van der Waals surface area contributed by atoms with Crippen LogP contribution in [0.1, 0.15) is 37.6 Å².